The fourth-order valence-corrected chi connectivity index (χ4v) is 4.49. The Labute approximate surface area is 150 Å². The standard InChI is InChI=1S/C18H18N4O4/c1-10-7-25-18(26-10)17(9-20)14(16(17,8-19)15(21)22-18)12-5-4-11(23-2)6-13(12)24-3/h4-6,10,14H,7H2,1-3H3,(H2,21,22)/p+1/t10-,14-,16-,17-,18-/m1/s1. The third-order valence-corrected chi connectivity index (χ3v) is 5.64. The van der Waals surface area contributed by atoms with Crippen molar-refractivity contribution < 1.29 is 23.9 Å². The summed E-state index contributed by atoms with van der Waals surface area (Å²) < 4.78 is 22.5. The molecule has 8 nitrogen and oxygen atoms in total. The van der Waals surface area contributed by atoms with Crippen LogP contribution in [0.5, 0.6) is 11.5 Å². The molecule has 0 bridgehead atoms. The Balaban J connectivity index is 1.91. The van der Waals surface area contributed by atoms with Gasteiger partial charge in [0.2, 0.25) is 0 Å². The van der Waals surface area contributed by atoms with Crippen LogP contribution >= 0.6 is 0 Å². The van der Waals surface area contributed by atoms with Gasteiger partial charge in [-0.1, -0.05) is 6.07 Å². The Kier molecular flexibility index (Phi) is 3.27. The van der Waals surface area contributed by atoms with Crippen LogP contribution in [0.25, 0.3) is 0 Å². The molecule has 0 amide bonds. The van der Waals surface area contributed by atoms with Gasteiger partial charge in [-0.2, -0.15) is 10.5 Å². The largest absolute Gasteiger partial charge is 0.497 e. The highest BCUT2D eigenvalue weighted by atomic mass is 16.8. The SMILES string of the molecule is COc1ccc([C@H]2[C@@]3(C#N)[C@@]4([NH+]=C(N)[C@@]23C#N)OC[C@@H](C)O4)c(OC)c1. The molecule has 1 aromatic carbocycles. The summed E-state index contributed by atoms with van der Waals surface area (Å²) in [4.78, 5) is 2.94. The molecule has 2 heterocycles. The monoisotopic (exact) mass is 355 g/mol. The molecule has 3 aliphatic rings. The van der Waals surface area contributed by atoms with E-state index in [1.54, 1.807) is 25.3 Å². The summed E-state index contributed by atoms with van der Waals surface area (Å²) in [5.74, 6) is -0.700. The number of nitriles is 2. The Bertz CT molecular complexity index is 903. The summed E-state index contributed by atoms with van der Waals surface area (Å²) in [7, 11) is 3.08. The van der Waals surface area contributed by atoms with Gasteiger partial charge < -0.3 is 18.9 Å². The van der Waals surface area contributed by atoms with Crippen LogP contribution in [0.2, 0.25) is 0 Å². The molecular formula is C18H19N4O4+. The molecule has 26 heavy (non-hydrogen) atoms. The molecular weight excluding hydrogens is 336 g/mol. The number of amidine groups is 1. The lowest BCUT2D eigenvalue weighted by atomic mass is 9.93. The quantitative estimate of drug-likeness (QED) is 0.739. The molecule has 8 heteroatoms. The Morgan fingerprint density at radius 2 is 2.04 bits per heavy atom. The predicted octanol–water partition coefficient (Wildman–Crippen LogP) is -0.639. The van der Waals surface area contributed by atoms with Crippen LogP contribution in [0.4, 0.5) is 0 Å². The van der Waals surface area contributed by atoms with Crippen molar-refractivity contribution in [1.82, 2.24) is 0 Å². The van der Waals surface area contributed by atoms with Crippen molar-refractivity contribution in [1.29, 1.82) is 10.5 Å². The van der Waals surface area contributed by atoms with Gasteiger partial charge in [-0.05, 0) is 13.0 Å². The highest BCUT2D eigenvalue weighted by Crippen LogP contribution is 2.80. The summed E-state index contributed by atoms with van der Waals surface area (Å²) in [6.45, 7) is 2.15. The summed E-state index contributed by atoms with van der Waals surface area (Å²) in [6, 6.07) is 9.82. The summed E-state index contributed by atoms with van der Waals surface area (Å²) in [5.41, 5.74) is 4.31. The highest BCUT2D eigenvalue weighted by Gasteiger charge is 2.98. The van der Waals surface area contributed by atoms with Gasteiger partial charge >= 0.3 is 5.91 Å². The number of nitrogens with two attached hydrogens (primary N) is 1. The predicted molar refractivity (Wildman–Crippen MR) is 87.8 cm³/mol. The zero-order valence-electron chi connectivity index (χ0n) is 14.7. The van der Waals surface area contributed by atoms with E-state index in [4.69, 9.17) is 24.7 Å². The molecule has 1 aliphatic carbocycles. The van der Waals surface area contributed by atoms with Gasteiger partial charge in [0.25, 0.3) is 5.84 Å². The molecule has 1 aromatic rings. The van der Waals surface area contributed by atoms with Gasteiger partial charge in [0, 0.05) is 11.6 Å². The van der Waals surface area contributed by atoms with Gasteiger partial charge in [-0.15, -0.1) is 0 Å². The molecule has 2 fully saturated rings. The number of ether oxygens (including phenoxy) is 4. The highest BCUT2D eigenvalue weighted by molar-refractivity contribution is 5.95. The van der Waals surface area contributed by atoms with E-state index in [1.165, 1.54) is 7.11 Å². The number of hydrogen-bond donors (Lipinski definition) is 2. The van der Waals surface area contributed by atoms with Crippen LogP contribution in [0.15, 0.2) is 18.2 Å². The second-order valence-corrected chi connectivity index (χ2v) is 6.78. The van der Waals surface area contributed by atoms with E-state index >= 15 is 0 Å². The minimum atomic E-state index is -1.45. The lowest BCUT2D eigenvalue weighted by Gasteiger charge is -2.24. The second-order valence-electron chi connectivity index (χ2n) is 6.78. The summed E-state index contributed by atoms with van der Waals surface area (Å²) >= 11 is 0. The fourth-order valence-electron chi connectivity index (χ4n) is 4.49. The first-order valence-electron chi connectivity index (χ1n) is 8.23. The number of rotatable bonds is 3. The number of nitrogens with one attached hydrogen (secondary N) is 1. The normalized spacial score (nSPS) is 39.7. The molecule has 2 aliphatic heterocycles. The second kappa shape index (κ2) is 5.10. The zero-order valence-corrected chi connectivity index (χ0v) is 14.7. The van der Waals surface area contributed by atoms with Crippen LogP contribution < -0.4 is 20.2 Å². The van der Waals surface area contributed by atoms with Crippen LogP contribution in [0, 0.1) is 33.5 Å². The Morgan fingerprint density at radius 3 is 2.58 bits per heavy atom. The average molecular weight is 355 g/mol. The van der Waals surface area contributed by atoms with Crippen molar-refractivity contribution in [3.8, 4) is 23.6 Å². The molecule has 4 rings (SSSR count). The van der Waals surface area contributed by atoms with Crippen molar-refractivity contribution in [2.45, 2.75) is 24.9 Å². The topological polar surface area (TPSA) is 124 Å². The first kappa shape index (κ1) is 16.6. The van der Waals surface area contributed by atoms with E-state index in [0.717, 1.165) is 0 Å². The van der Waals surface area contributed by atoms with E-state index in [1.807, 2.05) is 6.92 Å². The van der Waals surface area contributed by atoms with Gasteiger partial charge in [0.05, 0.1) is 45.0 Å². The molecule has 0 radical (unpaired) electrons. The van der Waals surface area contributed by atoms with Gasteiger partial charge in [-0.3, -0.25) is 5.73 Å². The maximum atomic E-state index is 10.2. The van der Waals surface area contributed by atoms with Crippen LogP contribution in [-0.2, 0) is 9.47 Å². The number of hydrogen-bond acceptors (Lipinski definition) is 7. The molecule has 0 aromatic heterocycles. The Morgan fingerprint density at radius 1 is 1.27 bits per heavy atom. The summed E-state index contributed by atoms with van der Waals surface area (Å²) in [6.07, 6.45) is -0.228. The first-order chi connectivity index (χ1) is 12.5. The van der Waals surface area contributed by atoms with Crippen molar-refractivity contribution >= 4 is 5.84 Å². The van der Waals surface area contributed by atoms with Crippen molar-refractivity contribution in [2.75, 3.05) is 20.8 Å². The van der Waals surface area contributed by atoms with E-state index in [0.29, 0.717) is 23.7 Å². The van der Waals surface area contributed by atoms with Crippen molar-refractivity contribution in [3.63, 3.8) is 0 Å². The zero-order chi connectivity index (χ0) is 18.7. The Hall–Kier alpha value is -2.81. The fraction of sp³-hybridized carbons (Fsp3) is 0.500. The smallest absolute Gasteiger partial charge is 0.343 e. The molecule has 1 saturated carbocycles. The molecule has 3 N–H and O–H groups in total. The molecule has 1 saturated heterocycles. The van der Waals surface area contributed by atoms with Gasteiger partial charge in [0.1, 0.15) is 11.5 Å². The van der Waals surface area contributed by atoms with Crippen molar-refractivity contribution in [3.05, 3.63) is 23.8 Å². The third-order valence-electron chi connectivity index (χ3n) is 5.64. The van der Waals surface area contributed by atoms with E-state index in [9.17, 15) is 10.5 Å². The van der Waals surface area contributed by atoms with E-state index in [-0.39, 0.29) is 11.9 Å². The van der Waals surface area contributed by atoms with Crippen LogP contribution in [0.3, 0.4) is 0 Å². The number of benzene rings is 1. The van der Waals surface area contributed by atoms with E-state index < -0.39 is 22.7 Å². The van der Waals surface area contributed by atoms with Gasteiger partial charge in [0.15, 0.2) is 10.8 Å². The lowest BCUT2D eigenvalue weighted by Crippen LogP contribution is -2.90. The maximum Gasteiger partial charge on any atom is 0.343 e. The van der Waals surface area contributed by atoms with Crippen LogP contribution in [0.1, 0.15) is 18.4 Å². The van der Waals surface area contributed by atoms with E-state index in [2.05, 4.69) is 17.1 Å². The minimum absolute atomic E-state index is 0.179. The molecule has 134 valence electrons. The molecule has 5 atom stereocenters. The number of nitrogens with zero attached hydrogens (tertiary/aromatic N) is 2. The van der Waals surface area contributed by atoms with Crippen LogP contribution in [-0.4, -0.2) is 38.7 Å². The van der Waals surface area contributed by atoms with Crippen molar-refractivity contribution in [2.24, 2.45) is 16.6 Å². The molecule has 1 spiro atoms. The summed E-state index contributed by atoms with van der Waals surface area (Å²) in [5, 5.41) is 20.2. The lowest BCUT2D eigenvalue weighted by molar-refractivity contribution is -0.677. The van der Waals surface area contributed by atoms with Gasteiger partial charge in [-0.25, -0.2) is 4.99 Å². The molecule has 0 unspecified atom stereocenters. The first-order valence-corrected chi connectivity index (χ1v) is 8.23. The number of methoxy groups -OCH3 is 2. The number of fused-ring (bicyclic) bond motifs is 2. The third kappa shape index (κ3) is 1.57. The average Bonchev–Trinajstić information content (AvgIpc) is 3.04. The minimum Gasteiger partial charge on any atom is -0.497 e. The maximum absolute atomic E-state index is 10.2.